The van der Waals surface area contributed by atoms with Gasteiger partial charge in [-0.1, -0.05) is 148 Å². The van der Waals surface area contributed by atoms with Gasteiger partial charge in [0, 0.05) is 144 Å². The van der Waals surface area contributed by atoms with Crippen LogP contribution in [0.25, 0.3) is 134 Å². The molecule has 12 heterocycles. The smallest absolute Gasteiger partial charge is 0.216 e. The Hall–Kier alpha value is -10.3. The SMILES string of the molecule is C[Si](C)(C)c1ccc(-c2[c-]cc3oc4ncccc4c3c2)nc1.Cc1cc2c(oc3c[c-]c(-c4ccc([Si](C)(C)C)cn4)cc32)c(C)n1.Cc1ccc2c(n1)oc1c[c-]c(-c3ccc([Si](C)(C)C)cn3)cc12.[2H]C([2H])([2H])c1ccc(-c2[c-]cccc2)nc1.[2H]C([2H])([2H])c1ccc(-c2[c-]cccc2)nc1.[2H]C([2H])([2H])c1ccc(-c2[c-]cccc2)nc1.[Ir].[Ir].[Ir]. The van der Waals surface area contributed by atoms with Gasteiger partial charge in [0.1, 0.15) is 5.58 Å². The molecule has 0 bridgehead atoms. The number of furan rings is 3. The summed E-state index contributed by atoms with van der Waals surface area (Å²) in [6.45, 7) is 20.6. The first-order chi connectivity index (χ1) is 57.0. The molecule has 579 valence electrons. The van der Waals surface area contributed by atoms with E-state index in [1.165, 1.54) is 34.2 Å². The Labute approximate surface area is 724 Å². The van der Waals surface area contributed by atoms with E-state index in [1.807, 2.05) is 130 Å². The van der Waals surface area contributed by atoms with Crippen molar-refractivity contribution < 1.29 is 85.9 Å². The quantitative estimate of drug-likeness (QED) is 0.0997. The van der Waals surface area contributed by atoms with Crippen molar-refractivity contribution in [3.05, 3.63) is 326 Å². The Balaban J connectivity index is 0.000000155. The molecule has 0 amide bonds. The molecule has 0 unspecified atom stereocenters. The van der Waals surface area contributed by atoms with E-state index in [0.29, 0.717) is 11.4 Å². The third kappa shape index (κ3) is 21.5. The average Bonchev–Trinajstić information content (AvgIpc) is 1.65. The Morgan fingerprint density at radius 3 is 1.04 bits per heavy atom. The summed E-state index contributed by atoms with van der Waals surface area (Å²) < 4.78 is 82.7. The fraction of sp³-hybridized carbons (Fsp3) is 0.156. The minimum atomic E-state index is -2.09. The van der Waals surface area contributed by atoms with Gasteiger partial charge in [-0.15, -0.1) is 179 Å². The number of benzene rings is 6. The van der Waals surface area contributed by atoms with Gasteiger partial charge in [-0.25, -0.2) is 9.97 Å². The number of hydrogen-bond donors (Lipinski definition) is 0. The minimum Gasteiger partial charge on any atom is -0.499 e. The number of fused-ring (bicyclic) bond motifs is 9. The van der Waals surface area contributed by atoms with Crippen molar-refractivity contribution in [1.29, 1.82) is 0 Å². The molecule has 18 aromatic rings. The maximum atomic E-state index is 7.23. The third-order valence-corrected chi connectivity index (χ3v) is 24.3. The van der Waals surface area contributed by atoms with E-state index in [4.69, 9.17) is 25.6 Å². The summed E-state index contributed by atoms with van der Waals surface area (Å²) in [7, 11) is -3.98. The number of rotatable bonds is 9. The van der Waals surface area contributed by atoms with Crippen molar-refractivity contribution in [2.24, 2.45) is 0 Å². The van der Waals surface area contributed by atoms with E-state index in [2.05, 4.69) is 207 Å². The van der Waals surface area contributed by atoms with Crippen LogP contribution in [0.1, 0.15) is 46.1 Å². The normalized spacial score (nSPS) is 12.6. The second-order valence-electron chi connectivity index (χ2n) is 29.7. The van der Waals surface area contributed by atoms with Gasteiger partial charge in [0.25, 0.3) is 0 Å². The Bertz CT molecular complexity index is 6340. The molecular formula is C96H87Ir3N9O3Si3-6. The van der Waals surface area contributed by atoms with Crippen LogP contribution in [-0.4, -0.2) is 69.1 Å². The number of hydrogen-bond acceptors (Lipinski definition) is 12. The molecule has 114 heavy (non-hydrogen) atoms. The van der Waals surface area contributed by atoms with Crippen molar-refractivity contribution in [2.45, 2.75) is 100 Å². The van der Waals surface area contributed by atoms with Crippen LogP contribution in [0.4, 0.5) is 0 Å². The summed E-state index contributed by atoms with van der Waals surface area (Å²) >= 11 is 0. The van der Waals surface area contributed by atoms with Crippen LogP contribution < -0.4 is 15.6 Å². The van der Waals surface area contributed by atoms with Gasteiger partial charge in [0.2, 0.25) is 11.4 Å². The van der Waals surface area contributed by atoms with Crippen LogP contribution in [0.5, 0.6) is 0 Å². The van der Waals surface area contributed by atoms with Crippen LogP contribution in [-0.2, 0) is 60.3 Å². The summed E-state index contributed by atoms with van der Waals surface area (Å²) in [5, 5.41) is 10.5. The molecule has 12 aromatic heterocycles. The predicted molar refractivity (Wildman–Crippen MR) is 464 cm³/mol. The summed E-state index contributed by atoms with van der Waals surface area (Å²) in [6.07, 6.45) is 12.0. The molecule has 0 spiro atoms. The van der Waals surface area contributed by atoms with E-state index in [1.54, 1.807) is 60.8 Å². The zero-order chi connectivity index (χ0) is 85.5. The van der Waals surface area contributed by atoms with Crippen LogP contribution in [0.3, 0.4) is 0 Å². The van der Waals surface area contributed by atoms with Gasteiger partial charge in [-0.3, -0.25) is 4.98 Å². The summed E-state index contributed by atoms with van der Waals surface area (Å²) in [5.41, 5.74) is 18.8. The molecule has 0 aliphatic rings. The average molecular weight is 2080 g/mol. The molecule has 18 heteroatoms. The van der Waals surface area contributed by atoms with E-state index >= 15 is 0 Å². The largest absolute Gasteiger partial charge is 0.499 e. The zero-order valence-corrected chi connectivity index (χ0v) is 75.2. The topological polar surface area (TPSA) is 155 Å². The fourth-order valence-corrected chi connectivity index (χ4v) is 15.1. The molecule has 0 atom stereocenters. The van der Waals surface area contributed by atoms with Crippen molar-refractivity contribution in [2.75, 3.05) is 0 Å². The van der Waals surface area contributed by atoms with Crippen LogP contribution in [0.15, 0.2) is 269 Å². The van der Waals surface area contributed by atoms with Gasteiger partial charge >= 0.3 is 0 Å². The maximum absolute atomic E-state index is 7.23. The van der Waals surface area contributed by atoms with Crippen LogP contribution in [0, 0.1) is 77.7 Å². The Kier molecular flexibility index (Phi) is 24.7. The van der Waals surface area contributed by atoms with Crippen LogP contribution in [0.2, 0.25) is 58.9 Å². The first-order valence-electron chi connectivity index (χ1n) is 40.8. The minimum absolute atomic E-state index is 0. The van der Waals surface area contributed by atoms with Gasteiger partial charge in [0.15, 0.2) is 0 Å². The molecule has 12 nitrogen and oxygen atoms in total. The zero-order valence-electron chi connectivity index (χ0n) is 74.0. The monoisotopic (exact) mass is 2090 g/mol. The number of aryl methyl sites for hydroxylation is 6. The summed E-state index contributed by atoms with van der Waals surface area (Å²) in [5.74, 6) is 0. The van der Waals surface area contributed by atoms with Gasteiger partial charge in [0.05, 0.1) is 46.7 Å². The maximum Gasteiger partial charge on any atom is 0.216 e. The second kappa shape index (κ2) is 38.2. The van der Waals surface area contributed by atoms with Gasteiger partial charge in [-0.2, -0.15) is 0 Å². The molecule has 0 aliphatic heterocycles. The number of pyridine rings is 9. The Morgan fingerprint density at radius 1 is 0.307 bits per heavy atom. The number of aromatic nitrogens is 9. The summed E-state index contributed by atoms with van der Waals surface area (Å²) in [4.78, 5) is 39.6. The molecule has 0 aliphatic carbocycles. The molecule has 0 saturated heterocycles. The van der Waals surface area contributed by atoms with Gasteiger partial charge < -0.3 is 43.2 Å². The fourth-order valence-electron chi connectivity index (χ4n) is 12.0. The van der Waals surface area contributed by atoms with Crippen LogP contribution >= 0.6 is 0 Å². The molecule has 0 N–H and O–H groups in total. The van der Waals surface area contributed by atoms with E-state index in [0.717, 1.165) is 139 Å². The van der Waals surface area contributed by atoms with E-state index < -0.39 is 44.8 Å². The number of nitrogens with zero attached hydrogens (tertiary/aromatic N) is 9. The van der Waals surface area contributed by atoms with Crippen molar-refractivity contribution in [3.8, 4) is 67.5 Å². The molecule has 0 fully saturated rings. The molecule has 6 aromatic carbocycles. The summed E-state index contributed by atoms with van der Waals surface area (Å²) in [6, 6.07) is 86.2. The first-order valence-corrected chi connectivity index (χ1v) is 46.8. The van der Waals surface area contributed by atoms with E-state index in [-0.39, 0.29) is 77.0 Å². The molecular weight excluding hydrogens is 1990 g/mol. The van der Waals surface area contributed by atoms with Crippen molar-refractivity contribution in [1.82, 2.24) is 44.9 Å². The standard InChI is InChI=1S/C21H21N2OSi.C20H19N2OSi.C19H17N2OSi.3C12H10N.3Ir/c1-13-10-18-17-11-15(6-9-20(17)24-21(18)14(2)23-13)19-8-7-16(12-22-19)25(3,4)5;1-13-5-8-16-17-11-14(6-10-19(17)23-20(16)22-13)18-9-7-15(12-21-18)24(2,3)4;1-23(2,3)14-7-8-17(21-12-14)13-6-9-18-16(11-13)15-5-4-10-20-19(15)22-18;3*1-10-7-8-12(13-9-10)11-5-3-2-4-6-11;;;/h7-12H,1-5H3;5,7-12H,1-4H3;4-5,7-12H,1-3H3;3*2-5,7-9H,1H3;;;/q6*-1;;;/i;;;3*1D3;;;. The third-order valence-electron chi connectivity index (χ3n) is 18.2. The Morgan fingerprint density at radius 2 is 0.675 bits per heavy atom. The first kappa shape index (κ1) is 73.8. The molecule has 0 saturated carbocycles. The van der Waals surface area contributed by atoms with Crippen molar-refractivity contribution >= 4 is 106 Å². The molecule has 3 radical (unpaired) electrons. The predicted octanol–water partition coefficient (Wildman–Crippen LogP) is 22.7. The van der Waals surface area contributed by atoms with Gasteiger partial charge in [-0.05, 0) is 138 Å². The van der Waals surface area contributed by atoms with E-state index in [9.17, 15) is 0 Å². The van der Waals surface area contributed by atoms with Crippen molar-refractivity contribution in [3.63, 3.8) is 0 Å². The second-order valence-corrected chi connectivity index (χ2v) is 45.0. The molecule has 18 rings (SSSR count).